The molecule has 0 aliphatic heterocycles. The number of hydrogen-bond acceptors (Lipinski definition) is 3. The van der Waals surface area contributed by atoms with Crippen molar-refractivity contribution in [3.8, 4) is 11.4 Å². The lowest BCUT2D eigenvalue weighted by molar-refractivity contribution is 0.0951. The lowest BCUT2D eigenvalue weighted by Crippen LogP contribution is -2.22. The van der Waals surface area contributed by atoms with Crippen LogP contribution in [0.5, 0.6) is 0 Å². The van der Waals surface area contributed by atoms with E-state index in [9.17, 15) is 9.18 Å². The number of nitrogens with zero attached hydrogens (tertiary/aromatic N) is 4. The standard InChI is InChI=1S/C22H19BrFN5O/c1-14-21(23)15(2)29(27-14)18-6-4-17(5-7-18)22(30)26-12-16-3-8-20(19(24)11-16)28-10-9-25-13-28/h3-11,13H,12H2,1-2H3,(H,26,30). The number of benzene rings is 2. The number of nitrogens with one attached hydrogen (secondary N) is 1. The van der Waals surface area contributed by atoms with Gasteiger partial charge in [-0.25, -0.2) is 14.1 Å². The lowest BCUT2D eigenvalue weighted by atomic mass is 10.1. The molecule has 6 nitrogen and oxygen atoms in total. The maximum Gasteiger partial charge on any atom is 0.251 e. The van der Waals surface area contributed by atoms with Crippen molar-refractivity contribution in [2.45, 2.75) is 20.4 Å². The fraction of sp³-hybridized carbons (Fsp3) is 0.136. The molecule has 0 saturated carbocycles. The Balaban J connectivity index is 1.43. The molecular formula is C22H19BrFN5O. The molecule has 0 bridgehead atoms. The minimum atomic E-state index is -0.375. The van der Waals surface area contributed by atoms with Crippen molar-refractivity contribution in [3.63, 3.8) is 0 Å². The second-order valence-electron chi connectivity index (χ2n) is 6.88. The van der Waals surface area contributed by atoms with Crippen molar-refractivity contribution in [2.24, 2.45) is 0 Å². The molecular weight excluding hydrogens is 449 g/mol. The first kappa shape index (κ1) is 20.0. The van der Waals surface area contributed by atoms with Crippen LogP contribution in [-0.2, 0) is 6.54 Å². The molecule has 4 aromatic rings. The number of amides is 1. The Labute approximate surface area is 181 Å². The molecule has 4 rings (SSSR count). The Morgan fingerprint density at radius 2 is 1.93 bits per heavy atom. The first-order valence-electron chi connectivity index (χ1n) is 9.31. The fourth-order valence-electron chi connectivity index (χ4n) is 3.18. The molecule has 0 aliphatic rings. The van der Waals surface area contributed by atoms with Gasteiger partial charge in [0.2, 0.25) is 0 Å². The third kappa shape index (κ3) is 3.91. The molecule has 0 radical (unpaired) electrons. The Morgan fingerprint density at radius 3 is 2.53 bits per heavy atom. The van der Waals surface area contributed by atoms with Crippen molar-refractivity contribution in [1.29, 1.82) is 0 Å². The highest BCUT2D eigenvalue weighted by atomic mass is 79.9. The van der Waals surface area contributed by atoms with Crippen molar-refractivity contribution in [1.82, 2.24) is 24.6 Å². The maximum atomic E-state index is 14.4. The van der Waals surface area contributed by atoms with Gasteiger partial charge in [0.05, 0.1) is 33.6 Å². The highest BCUT2D eigenvalue weighted by Gasteiger charge is 2.12. The van der Waals surface area contributed by atoms with Gasteiger partial charge in [0.15, 0.2) is 0 Å². The zero-order valence-electron chi connectivity index (χ0n) is 16.4. The summed E-state index contributed by atoms with van der Waals surface area (Å²) in [6.45, 7) is 4.13. The van der Waals surface area contributed by atoms with Gasteiger partial charge in [0.1, 0.15) is 5.82 Å². The lowest BCUT2D eigenvalue weighted by Gasteiger charge is -2.09. The number of hydrogen-bond donors (Lipinski definition) is 1. The summed E-state index contributed by atoms with van der Waals surface area (Å²) in [5, 5.41) is 7.32. The minimum Gasteiger partial charge on any atom is -0.348 e. The molecule has 2 aromatic heterocycles. The highest BCUT2D eigenvalue weighted by Crippen LogP contribution is 2.23. The quantitative estimate of drug-likeness (QED) is 0.469. The van der Waals surface area contributed by atoms with Crippen LogP contribution in [0.1, 0.15) is 27.3 Å². The van der Waals surface area contributed by atoms with Crippen LogP contribution in [0.4, 0.5) is 4.39 Å². The molecule has 2 heterocycles. The Morgan fingerprint density at radius 1 is 1.17 bits per heavy atom. The van der Waals surface area contributed by atoms with Crippen LogP contribution in [0.25, 0.3) is 11.4 Å². The van der Waals surface area contributed by atoms with Gasteiger partial charge in [-0.2, -0.15) is 5.10 Å². The van der Waals surface area contributed by atoms with Crippen LogP contribution in [0.15, 0.2) is 65.7 Å². The number of aryl methyl sites for hydroxylation is 1. The van der Waals surface area contributed by atoms with Gasteiger partial charge >= 0.3 is 0 Å². The molecule has 0 unspecified atom stereocenters. The van der Waals surface area contributed by atoms with Gasteiger partial charge in [0, 0.05) is 24.5 Å². The van der Waals surface area contributed by atoms with Gasteiger partial charge in [0.25, 0.3) is 5.91 Å². The summed E-state index contributed by atoms with van der Waals surface area (Å²) < 4.78 is 18.7. The largest absolute Gasteiger partial charge is 0.348 e. The smallest absolute Gasteiger partial charge is 0.251 e. The normalized spacial score (nSPS) is 10.9. The van der Waals surface area contributed by atoms with Crippen molar-refractivity contribution in [3.05, 3.63) is 94.0 Å². The number of rotatable bonds is 5. The molecule has 152 valence electrons. The van der Waals surface area contributed by atoms with E-state index in [1.54, 1.807) is 41.2 Å². The minimum absolute atomic E-state index is 0.227. The Kier molecular flexibility index (Phi) is 5.50. The number of imidazole rings is 1. The molecule has 0 atom stereocenters. The van der Waals surface area contributed by atoms with Gasteiger partial charge in [-0.15, -0.1) is 0 Å². The Hall–Kier alpha value is -3.26. The summed E-state index contributed by atoms with van der Waals surface area (Å²) in [6, 6.07) is 12.1. The topological polar surface area (TPSA) is 64.7 Å². The number of carbonyl (C=O) groups is 1. The summed E-state index contributed by atoms with van der Waals surface area (Å²) in [5.74, 6) is -0.602. The van der Waals surface area contributed by atoms with Crippen LogP contribution < -0.4 is 5.32 Å². The van der Waals surface area contributed by atoms with Crippen LogP contribution in [-0.4, -0.2) is 25.2 Å². The van der Waals surface area contributed by atoms with E-state index in [4.69, 9.17) is 0 Å². The molecule has 30 heavy (non-hydrogen) atoms. The second-order valence-corrected chi connectivity index (χ2v) is 7.67. The zero-order chi connectivity index (χ0) is 21.3. The zero-order valence-corrected chi connectivity index (χ0v) is 18.0. The van der Waals surface area contributed by atoms with Gasteiger partial charge in [-0.3, -0.25) is 4.79 Å². The van der Waals surface area contributed by atoms with E-state index in [2.05, 4.69) is 31.3 Å². The fourth-order valence-corrected chi connectivity index (χ4v) is 3.43. The average molecular weight is 468 g/mol. The SMILES string of the molecule is Cc1nn(-c2ccc(C(=O)NCc3ccc(-n4ccnc4)c(F)c3)cc2)c(C)c1Br. The highest BCUT2D eigenvalue weighted by molar-refractivity contribution is 9.10. The van der Waals surface area contributed by atoms with E-state index in [-0.39, 0.29) is 18.3 Å². The van der Waals surface area contributed by atoms with Gasteiger partial charge in [-0.1, -0.05) is 6.07 Å². The molecule has 0 spiro atoms. The van der Waals surface area contributed by atoms with Gasteiger partial charge in [-0.05, 0) is 71.7 Å². The molecule has 8 heteroatoms. The maximum absolute atomic E-state index is 14.4. The third-order valence-electron chi connectivity index (χ3n) is 4.82. The van der Waals surface area contributed by atoms with E-state index in [0.717, 1.165) is 21.5 Å². The van der Waals surface area contributed by atoms with Crippen LogP contribution in [0, 0.1) is 19.7 Å². The third-order valence-corrected chi connectivity index (χ3v) is 5.97. The van der Waals surface area contributed by atoms with Gasteiger partial charge < -0.3 is 9.88 Å². The summed E-state index contributed by atoms with van der Waals surface area (Å²) in [5.41, 5.74) is 4.37. The van der Waals surface area contributed by atoms with Crippen molar-refractivity contribution in [2.75, 3.05) is 0 Å². The molecule has 0 fully saturated rings. The first-order valence-corrected chi connectivity index (χ1v) is 10.1. The molecule has 2 aromatic carbocycles. The molecule has 1 N–H and O–H groups in total. The van der Waals surface area contributed by atoms with Crippen molar-refractivity contribution < 1.29 is 9.18 Å². The van der Waals surface area contributed by atoms with Crippen LogP contribution in [0.2, 0.25) is 0 Å². The number of halogens is 2. The number of aromatic nitrogens is 4. The molecule has 1 amide bonds. The van der Waals surface area contributed by atoms with E-state index >= 15 is 0 Å². The van der Waals surface area contributed by atoms with Crippen molar-refractivity contribution >= 4 is 21.8 Å². The van der Waals surface area contributed by atoms with E-state index < -0.39 is 0 Å². The Bertz CT molecular complexity index is 1200. The monoisotopic (exact) mass is 467 g/mol. The van der Waals surface area contributed by atoms with Crippen LogP contribution >= 0.6 is 15.9 Å². The summed E-state index contributed by atoms with van der Waals surface area (Å²) in [7, 11) is 0. The predicted octanol–water partition coefficient (Wildman–Crippen LogP) is 4.51. The summed E-state index contributed by atoms with van der Waals surface area (Å²) in [4.78, 5) is 16.4. The first-order chi connectivity index (χ1) is 14.4. The van der Waals surface area contributed by atoms with Crippen LogP contribution in [0.3, 0.4) is 0 Å². The number of carbonyl (C=O) groups excluding carboxylic acids is 1. The second kappa shape index (κ2) is 8.23. The average Bonchev–Trinajstić information content (AvgIpc) is 3.37. The predicted molar refractivity (Wildman–Crippen MR) is 115 cm³/mol. The van der Waals surface area contributed by atoms with E-state index in [1.807, 2.05) is 30.7 Å². The van der Waals surface area contributed by atoms with E-state index in [0.29, 0.717) is 16.8 Å². The summed E-state index contributed by atoms with van der Waals surface area (Å²) in [6.07, 6.45) is 4.80. The summed E-state index contributed by atoms with van der Waals surface area (Å²) >= 11 is 3.52. The molecule has 0 saturated heterocycles. The van der Waals surface area contributed by atoms with E-state index in [1.165, 1.54) is 12.4 Å². The molecule has 0 aliphatic carbocycles.